The summed E-state index contributed by atoms with van der Waals surface area (Å²) in [6.07, 6.45) is -3.02. The van der Waals surface area contributed by atoms with E-state index in [1.165, 1.54) is 17.3 Å². The van der Waals surface area contributed by atoms with Gasteiger partial charge in [-0.05, 0) is 31.5 Å². The van der Waals surface area contributed by atoms with Crippen LogP contribution < -0.4 is 0 Å². The number of ether oxygens (including phenoxy) is 2. The molecular formula is C20H24O4S. The van der Waals surface area contributed by atoms with Crippen LogP contribution in [0.4, 0.5) is 0 Å². The Bertz CT molecular complexity index is 661. The summed E-state index contributed by atoms with van der Waals surface area (Å²) >= 11 is 1.51. The zero-order chi connectivity index (χ0) is 17.8. The largest absolute Gasteiger partial charge is 0.388 e. The van der Waals surface area contributed by atoms with Gasteiger partial charge in [0.05, 0.1) is 12.7 Å². The van der Waals surface area contributed by atoms with Crippen molar-refractivity contribution in [3.63, 3.8) is 0 Å². The van der Waals surface area contributed by atoms with E-state index in [2.05, 4.69) is 0 Å². The first kappa shape index (κ1) is 18.4. The maximum atomic E-state index is 10.5. The van der Waals surface area contributed by atoms with Gasteiger partial charge in [-0.2, -0.15) is 0 Å². The van der Waals surface area contributed by atoms with E-state index in [1.807, 2.05) is 61.5 Å². The Morgan fingerprint density at radius 3 is 2.36 bits per heavy atom. The Hall–Kier alpha value is -1.37. The summed E-state index contributed by atoms with van der Waals surface area (Å²) in [6, 6.07) is 17.9. The maximum absolute atomic E-state index is 10.5. The van der Waals surface area contributed by atoms with Crippen molar-refractivity contribution in [2.75, 3.05) is 0 Å². The fraction of sp³-hybridized carbons (Fsp3) is 0.400. The number of hydrogen-bond acceptors (Lipinski definition) is 5. The molecule has 5 atom stereocenters. The molecule has 0 aliphatic carbocycles. The summed E-state index contributed by atoms with van der Waals surface area (Å²) < 4.78 is 11.9. The maximum Gasteiger partial charge on any atom is 0.136 e. The molecule has 134 valence electrons. The first-order valence-corrected chi connectivity index (χ1v) is 9.33. The van der Waals surface area contributed by atoms with Gasteiger partial charge in [0.25, 0.3) is 0 Å². The van der Waals surface area contributed by atoms with E-state index in [1.54, 1.807) is 6.92 Å². The topological polar surface area (TPSA) is 58.9 Å². The van der Waals surface area contributed by atoms with Gasteiger partial charge in [-0.1, -0.05) is 59.8 Å². The third-order valence-electron chi connectivity index (χ3n) is 4.34. The monoisotopic (exact) mass is 360 g/mol. The minimum Gasteiger partial charge on any atom is -0.388 e. The fourth-order valence-electron chi connectivity index (χ4n) is 2.79. The summed E-state index contributed by atoms with van der Waals surface area (Å²) in [5, 5.41) is 20.7. The second-order valence-corrected chi connectivity index (χ2v) is 7.55. The highest BCUT2D eigenvalue weighted by atomic mass is 32.2. The molecule has 1 saturated heterocycles. The Kier molecular flexibility index (Phi) is 6.15. The molecule has 0 spiro atoms. The molecule has 5 heteroatoms. The summed E-state index contributed by atoms with van der Waals surface area (Å²) in [5.41, 5.74) is 1.82. The second kappa shape index (κ2) is 8.34. The Morgan fingerprint density at radius 1 is 1.00 bits per heavy atom. The molecule has 3 rings (SSSR count). The zero-order valence-electron chi connectivity index (χ0n) is 14.4. The van der Waals surface area contributed by atoms with Crippen molar-refractivity contribution in [1.29, 1.82) is 0 Å². The zero-order valence-corrected chi connectivity index (χ0v) is 15.2. The lowest BCUT2D eigenvalue weighted by atomic mass is 10.0. The van der Waals surface area contributed by atoms with Crippen molar-refractivity contribution in [2.45, 2.75) is 55.2 Å². The van der Waals surface area contributed by atoms with Crippen LogP contribution in [0, 0.1) is 6.92 Å². The van der Waals surface area contributed by atoms with Crippen molar-refractivity contribution in [3.8, 4) is 0 Å². The van der Waals surface area contributed by atoms with Crippen LogP contribution in [0.5, 0.6) is 0 Å². The average Bonchev–Trinajstić information content (AvgIpc) is 2.62. The van der Waals surface area contributed by atoms with Crippen molar-refractivity contribution in [2.24, 2.45) is 0 Å². The van der Waals surface area contributed by atoms with Gasteiger partial charge in [0.1, 0.15) is 23.7 Å². The lowest BCUT2D eigenvalue weighted by Crippen LogP contribution is -2.56. The Labute approximate surface area is 152 Å². The molecule has 1 heterocycles. The van der Waals surface area contributed by atoms with Crippen LogP contribution in [0.2, 0.25) is 0 Å². The molecular weight excluding hydrogens is 336 g/mol. The predicted octanol–water partition coefficient (Wildman–Crippen LogP) is 3.14. The highest BCUT2D eigenvalue weighted by molar-refractivity contribution is 7.99. The van der Waals surface area contributed by atoms with Crippen LogP contribution in [0.25, 0.3) is 0 Å². The molecule has 1 fully saturated rings. The number of hydrogen-bond donors (Lipinski definition) is 2. The van der Waals surface area contributed by atoms with Gasteiger partial charge in [0.15, 0.2) is 0 Å². The normalized spacial score (nSPS) is 29.5. The van der Waals surface area contributed by atoms with E-state index in [-0.39, 0.29) is 5.44 Å². The van der Waals surface area contributed by atoms with Crippen molar-refractivity contribution >= 4 is 11.8 Å². The molecule has 0 aromatic heterocycles. The van der Waals surface area contributed by atoms with Crippen molar-refractivity contribution in [1.82, 2.24) is 0 Å². The summed E-state index contributed by atoms with van der Waals surface area (Å²) in [5.74, 6) is 0. The van der Waals surface area contributed by atoms with Crippen molar-refractivity contribution in [3.05, 3.63) is 65.7 Å². The van der Waals surface area contributed by atoms with Crippen LogP contribution in [0.1, 0.15) is 18.1 Å². The van der Waals surface area contributed by atoms with E-state index in [4.69, 9.17) is 9.47 Å². The van der Waals surface area contributed by atoms with Crippen LogP contribution in [0.3, 0.4) is 0 Å². The van der Waals surface area contributed by atoms with Gasteiger partial charge in [-0.25, -0.2) is 0 Å². The lowest BCUT2D eigenvalue weighted by Gasteiger charge is -2.41. The van der Waals surface area contributed by atoms with Crippen molar-refractivity contribution < 1.29 is 19.7 Å². The number of thioether (sulfide) groups is 1. The number of aliphatic hydroxyl groups is 2. The molecule has 4 nitrogen and oxygen atoms in total. The standard InChI is InChI=1S/C20H24O4S/c1-13-8-10-16(11-9-13)25-20-19(18(22)17(21)14(2)24-20)23-12-15-6-4-3-5-7-15/h3-11,14,17-22H,12H2,1-2H3/t14-,17+,18+,19-,20+/m0/s1. The molecule has 0 bridgehead atoms. The highest BCUT2D eigenvalue weighted by Gasteiger charge is 2.43. The molecule has 0 unspecified atom stereocenters. The summed E-state index contributed by atoms with van der Waals surface area (Å²) in [4.78, 5) is 1.04. The number of benzene rings is 2. The van der Waals surface area contributed by atoms with Crippen LogP contribution >= 0.6 is 11.8 Å². The predicted molar refractivity (Wildman–Crippen MR) is 98.4 cm³/mol. The van der Waals surface area contributed by atoms with E-state index >= 15 is 0 Å². The highest BCUT2D eigenvalue weighted by Crippen LogP contribution is 2.35. The van der Waals surface area contributed by atoms with Crippen LogP contribution in [-0.4, -0.2) is 40.1 Å². The molecule has 1 aliphatic heterocycles. The van der Waals surface area contributed by atoms with Gasteiger partial charge in [0, 0.05) is 4.90 Å². The minimum atomic E-state index is -0.990. The molecule has 1 aliphatic rings. The quantitative estimate of drug-likeness (QED) is 0.858. The third kappa shape index (κ3) is 4.63. The van der Waals surface area contributed by atoms with Gasteiger partial charge >= 0.3 is 0 Å². The minimum absolute atomic E-state index is 0.359. The summed E-state index contributed by atoms with van der Waals surface area (Å²) in [6.45, 7) is 4.17. The smallest absolute Gasteiger partial charge is 0.136 e. The van der Waals surface area contributed by atoms with Gasteiger partial charge < -0.3 is 19.7 Å². The van der Waals surface area contributed by atoms with Crippen LogP contribution in [-0.2, 0) is 16.1 Å². The third-order valence-corrected chi connectivity index (χ3v) is 5.50. The average molecular weight is 360 g/mol. The first-order valence-electron chi connectivity index (χ1n) is 8.45. The van der Waals surface area contributed by atoms with Gasteiger partial charge in [-0.3, -0.25) is 0 Å². The van der Waals surface area contributed by atoms with E-state index in [9.17, 15) is 10.2 Å². The molecule has 2 aromatic rings. The number of rotatable bonds is 5. The molecule has 2 aromatic carbocycles. The Balaban J connectivity index is 1.73. The van der Waals surface area contributed by atoms with E-state index < -0.39 is 24.4 Å². The van der Waals surface area contributed by atoms with Gasteiger partial charge in [-0.15, -0.1) is 0 Å². The second-order valence-electron chi connectivity index (χ2n) is 6.38. The summed E-state index contributed by atoms with van der Waals surface area (Å²) in [7, 11) is 0. The van der Waals surface area contributed by atoms with Gasteiger partial charge in [0.2, 0.25) is 0 Å². The lowest BCUT2D eigenvalue weighted by molar-refractivity contribution is -0.210. The molecule has 2 N–H and O–H groups in total. The fourth-order valence-corrected chi connectivity index (χ4v) is 3.96. The van der Waals surface area contributed by atoms with E-state index in [0.717, 1.165) is 10.5 Å². The molecule has 25 heavy (non-hydrogen) atoms. The molecule has 0 amide bonds. The van der Waals surface area contributed by atoms with E-state index in [0.29, 0.717) is 6.61 Å². The molecule has 0 radical (unpaired) electrons. The number of aryl methyl sites for hydroxylation is 1. The SMILES string of the molecule is Cc1ccc(S[C@H]2O[C@@H](C)[C@@H](O)[C@@H](O)[C@@H]2OCc2ccccc2)cc1. The number of aliphatic hydroxyl groups excluding tert-OH is 2. The molecule has 0 saturated carbocycles. The first-order chi connectivity index (χ1) is 12.0. The van der Waals surface area contributed by atoms with Crippen LogP contribution in [0.15, 0.2) is 59.5 Å². The Morgan fingerprint density at radius 2 is 1.68 bits per heavy atom.